The first-order chi connectivity index (χ1) is 14.7. The molecule has 1 unspecified atom stereocenters. The third-order valence-corrected chi connectivity index (χ3v) is 6.01. The Hall–Kier alpha value is -2.89. The van der Waals surface area contributed by atoms with Crippen molar-refractivity contribution in [1.82, 2.24) is 0 Å². The number of anilines is 1. The number of fused-ring (bicyclic) bond motifs is 2. The van der Waals surface area contributed by atoms with E-state index in [2.05, 4.69) is 5.32 Å². The van der Waals surface area contributed by atoms with Crippen molar-refractivity contribution in [3.8, 4) is 0 Å². The van der Waals surface area contributed by atoms with Crippen LogP contribution in [0.3, 0.4) is 0 Å². The zero-order valence-corrected chi connectivity index (χ0v) is 19.0. The summed E-state index contributed by atoms with van der Waals surface area (Å²) < 4.78 is 6.55. The number of carbonyl (C=O) groups is 2. The molecule has 0 aliphatic carbocycles. The average Bonchev–Trinajstić information content (AvgIpc) is 3.09. The van der Waals surface area contributed by atoms with E-state index in [4.69, 9.17) is 16.3 Å². The molecule has 0 saturated carbocycles. The number of halogens is 1. The fraction of sp³-hybridized carbons (Fsp3) is 0.200. The Labute approximate surface area is 189 Å². The summed E-state index contributed by atoms with van der Waals surface area (Å²) in [5, 5.41) is 8.13. The molecule has 1 heterocycles. The number of esters is 1. The molecule has 31 heavy (non-hydrogen) atoms. The lowest BCUT2D eigenvalue weighted by Gasteiger charge is -2.23. The van der Waals surface area contributed by atoms with Crippen LogP contribution >= 0.6 is 22.9 Å². The van der Waals surface area contributed by atoms with Gasteiger partial charge in [-0.3, -0.25) is 9.59 Å². The van der Waals surface area contributed by atoms with Crippen molar-refractivity contribution in [1.29, 1.82) is 0 Å². The third-order valence-electron chi connectivity index (χ3n) is 4.80. The second-order valence-corrected chi connectivity index (χ2v) is 9.70. The van der Waals surface area contributed by atoms with Gasteiger partial charge in [0.25, 0.3) is 0 Å². The van der Waals surface area contributed by atoms with Crippen LogP contribution in [-0.4, -0.2) is 17.5 Å². The lowest BCUT2D eigenvalue weighted by Crippen LogP contribution is -2.34. The summed E-state index contributed by atoms with van der Waals surface area (Å²) in [6, 6.07) is 19.0. The molecule has 0 saturated heterocycles. The fourth-order valence-electron chi connectivity index (χ4n) is 3.46. The fourth-order valence-corrected chi connectivity index (χ4v) is 4.60. The molecule has 1 aromatic heterocycles. The van der Waals surface area contributed by atoms with Crippen molar-refractivity contribution >= 4 is 61.4 Å². The van der Waals surface area contributed by atoms with Crippen LogP contribution in [0.1, 0.15) is 32.3 Å². The van der Waals surface area contributed by atoms with Crippen molar-refractivity contribution in [3.05, 3.63) is 76.6 Å². The molecule has 0 aliphatic rings. The number of benzene rings is 3. The van der Waals surface area contributed by atoms with Crippen LogP contribution in [0.25, 0.3) is 20.9 Å². The van der Waals surface area contributed by atoms with E-state index in [1.54, 1.807) is 32.9 Å². The van der Waals surface area contributed by atoms with Crippen LogP contribution < -0.4 is 5.32 Å². The highest BCUT2D eigenvalue weighted by atomic mass is 35.5. The maximum atomic E-state index is 13.4. The molecule has 0 fully saturated rings. The normalized spacial score (nSPS) is 12.6. The van der Waals surface area contributed by atoms with Gasteiger partial charge in [-0.1, -0.05) is 41.9 Å². The minimum atomic E-state index is -1.11. The van der Waals surface area contributed by atoms with Crippen LogP contribution in [0, 0.1) is 0 Å². The van der Waals surface area contributed by atoms with E-state index in [1.807, 2.05) is 53.9 Å². The number of hydrogen-bond acceptors (Lipinski definition) is 4. The molecule has 3 aromatic carbocycles. The molecule has 1 N–H and O–H groups in total. The van der Waals surface area contributed by atoms with Gasteiger partial charge < -0.3 is 10.1 Å². The molecule has 6 heteroatoms. The van der Waals surface area contributed by atoms with Gasteiger partial charge in [0.2, 0.25) is 5.91 Å². The smallest absolute Gasteiger partial charge is 0.323 e. The lowest BCUT2D eigenvalue weighted by atomic mass is 9.97. The van der Waals surface area contributed by atoms with Gasteiger partial charge in [-0.2, -0.15) is 0 Å². The van der Waals surface area contributed by atoms with Crippen LogP contribution in [0.5, 0.6) is 0 Å². The first-order valence-corrected chi connectivity index (χ1v) is 11.2. The van der Waals surface area contributed by atoms with E-state index < -0.39 is 23.4 Å². The van der Waals surface area contributed by atoms with Crippen LogP contribution in [0.15, 0.2) is 66.0 Å². The van der Waals surface area contributed by atoms with Crippen LogP contribution in [-0.2, 0) is 14.3 Å². The number of thiophene rings is 1. The quantitative estimate of drug-likeness (QED) is 0.275. The molecule has 0 spiro atoms. The number of ether oxygens (including phenoxy) is 1. The van der Waals surface area contributed by atoms with Gasteiger partial charge in [-0.25, -0.2) is 0 Å². The van der Waals surface area contributed by atoms with Crippen molar-refractivity contribution in [2.75, 3.05) is 5.32 Å². The highest BCUT2D eigenvalue weighted by molar-refractivity contribution is 7.17. The highest BCUT2D eigenvalue weighted by Gasteiger charge is 2.35. The highest BCUT2D eigenvalue weighted by Crippen LogP contribution is 2.35. The van der Waals surface area contributed by atoms with Gasteiger partial charge >= 0.3 is 5.97 Å². The van der Waals surface area contributed by atoms with E-state index in [0.29, 0.717) is 16.3 Å². The number of carbonyl (C=O) groups excluding carboxylic acids is 2. The summed E-state index contributed by atoms with van der Waals surface area (Å²) in [6.07, 6.45) is 0. The molecule has 0 radical (unpaired) electrons. The summed E-state index contributed by atoms with van der Waals surface area (Å²) in [5.74, 6) is -2.15. The van der Waals surface area contributed by atoms with Gasteiger partial charge in [-0.05, 0) is 78.2 Å². The third kappa shape index (κ3) is 4.73. The van der Waals surface area contributed by atoms with Gasteiger partial charge in [-0.15, -0.1) is 11.3 Å². The Balaban J connectivity index is 1.72. The Kier molecular flexibility index (Phi) is 5.73. The summed E-state index contributed by atoms with van der Waals surface area (Å²) in [5.41, 5.74) is 0.493. The largest absolute Gasteiger partial charge is 0.459 e. The predicted octanol–water partition coefficient (Wildman–Crippen LogP) is 6.77. The van der Waals surface area contributed by atoms with Crippen molar-refractivity contribution in [2.45, 2.75) is 32.3 Å². The minimum absolute atomic E-state index is 0.441. The van der Waals surface area contributed by atoms with E-state index in [9.17, 15) is 9.59 Å². The molecule has 0 bridgehead atoms. The maximum Gasteiger partial charge on any atom is 0.323 e. The number of rotatable bonds is 4. The van der Waals surface area contributed by atoms with E-state index >= 15 is 0 Å². The first kappa shape index (κ1) is 21.3. The van der Waals surface area contributed by atoms with Crippen molar-refractivity contribution < 1.29 is 14.3 Å². The molecule has 4 aromatic rings. The monoisotopic (exact) mass is 451 g/mol. The van der Waals surface area contributed by atoms with Gasteiger partial charge in [0.1, 0.15) is 5.60 Å². The molecule has 158 valence electrons. The number of hydrogen-bond donors (Lipinski definition) is 1. The average molecular weight is 452 g/mol. The SMILES string of the molecule is CC(C)(C)OC(=O)C(C(=O)Nc1ccc2ccccc2c1)c1csc2ccc(Cl)cc12. The number of nitrogens with one attached hydrogen (secondary N) is 1. The summed E-state index contributed by atoms with van der Waals surface area (Å²) >= 11 is 7.66. The van der Waals surface area contributed by atoms with E-state index in [1.165, 1.54) is 11.3 Å². The second kappa shape index (κ2) is 8.33. The van der Waals surface area contributed by atoms with Crippen LogP contribution in [0.4, 0.5) is 5.69 Å². The second-order valence-electron chi connectivity index (χ2n) is 8.35. The summed E-state index contributed by atoms with van der Waals surface area (Å²) in [7, 11) is 0. The molecule has 4 rings (SSSR count). The zero-order chi connectivity index (χ0) is 22.2. The summed E-state index contributed by atoms with van der Waals surface area (Å²) in [4.78, 5) is 26.5. The van der Waals surface area contributed by atoms with Crippen molar-refractivity contribution in [3.63, 3.8) is 0 Å². The van der Waals surface area contributed by atoms with Crippen LogP contribution in [0.2, 0.25) is 5.02 Å². The topological polar surface area (TPSA) is 55.4 Å². The van der Waals surface area contributed by atoms with E-state index in [-0.39, 0.29) is 0 Å². The molecule has 4 nitrogen and oxygen atoms in total. The Morgan fingerprint density at radius 2 is 1.74 bits per heavy atom. The first-order valence-electron chi connectivity index (χ1n) is 9.90. The minimum Gasteiger partial charge on any atom is -0.459 e. The number of amides is 1. The zero-order valence-electron chi connectivity index (χ0n) is 17.4. The maximum absolute atomic E-state index is 13.4. The lowest BCUT2D eigenvalue weighted by molar-refractivity contribution is -0.158. The van der Waals surface area contributed by atoms with Gasteiger partial charge in [0, 0.05) is 15.4 Å². The molecular weight excluding hydrogens is 430 g/mol. The van der Waals surface area contributed by atoms with E-state index in [0.717, 1.165) is 20.9 Å². The standard InChI is InChI=1S/C25H22ClNO3S/c1-25(2,3)30-24(29)22(20-14-31-21-11-9-17(26)13-19(20)21)23(28)27-18-10-8-15-6-4-5-7-16(15)12-18/h4-14,22H,1-3H3,(H,27,28). The Morgan fingerprint density at radius 1 is 1.00 bits per heavy atom. The molecule has 1 atom stereocenters. The Bertz CT molecular complexity index is 1290. The molecule has 1 amide bonds. The molecule has 0 aliphatic heterocycles. The van der Waals surface area contributed by atoms with Gasteiger partial charge in [0.15, 0.2) is 5.92 Å². The molecular formula is C25H22ClNO3S. The predicted molar refractivity (Wildman–Crippen MR) is 128 cm³/mol. The van der Waals surface area contributed by atoms with Crippen molar-refractivity contribution in [2.24, 2.45) is 0 Å². The summed E-state index contributed by atoms with van der Waals surface area (Å²) in [6.45, 7) is 5.35. The Morgan fingerprint density at radius 3 is 2.48 bits per heavy atom. The van der Waals surface area contributed by atoms with Gasteiger partial charge in [0.05, 0.1) is 0 Å².